The summed E-state index contributed by atoms with van der Waals surface area (Å²) in [5.74, 6) is 0.604. The molecule has 2 aromatic rings. The topological polar surface area (TPSA) is 105 Å². The van der Waals surface area contributed by atoms with Gasteiger partial charge in [-0.25, -0.2) is 0 Å². The fraction of sp³-hybridized carbons (Fsp3) is 0.435. The van der Waals surface area contributed by atoms with E-state index in [0.717, 1.165) is 37.0 Å². The van der Waals surface area contributed by atoms with Gasteiger partial charge in [0.05, 0.1) is 18.1 Å². The third-order valence-electron chi connectivity index (χ3n) is 5.67. The Kier molecular flexibility index (Phi) is 7.97. The van der Waals surface area contributed by atoms with Gasteiger partial charge in [0.15, 0.2) is 0 Å². The van der Waals surface area contributed by atoms with E-state index in [1.807, 2.05) is 24.3 Å². The van der Waals surface area contributed by atoms with Crippen molar-refractivity contribution in [2.75, 3.05) is 19.0 Å². The van der Waals surface area contributed by atoms with Crippen molar-refractivity contribution in [2.45, 2.75) is 50.8 Å². The number of carbonyl (C=O) groups excluding carboxylic acids is 1. The van der Waals surface area contributed by atoms with Crippen LogP contribution in [0.2, 0.25) is 0 Å². The van der Waals surface area contributed by atoms with E-state index in [2.05, 4.69) is 10.2 Å². The maximum atomic E-state index is 12.5. The number of anilines is 1. The molecule has 0 heterocycles. The lowest BCUT2D eigenvalue weighted by Gasteiger charge is -2.35. The number of nitro groups is 1. The van der Waals surface area contributed by atoms with Crippen LogP contribution in [-0.4, -0.2) is 46.6 Å². The number of hydrogen-bond acceptors (Lipinski definition) is 6. The number of methoxy groups -OCH3 is 1. The molecular weight excluding hydrogens is 398 g/mol. The molecule has 0 aromatic heterocycles. The van der Waals surface area contributed by atoms with Crippen molar-refractivity contribution in [3.63, 3.8) is 0 Å². The summed E-state index contributed by atoms with van der Waals surface area (Å²) in [6.45, 7) is 1.24. The number of nitrogens with one attached hydrogen (secondary N) is 1. The van der Waals surface area contributed by atoms with Crippen LogP contribution in [-0.2, 0) is 11.3 Å². The second-order valence-electron chi connectivity index (χ2n) is 7.89. The Morgan fingerprint density at radius 1 is 1.19 bits per heavy atom. The number of nitro benzene ring substituents is 1. The van der Waals surface area contributed by atoms with Crippen LogP contribution in [0, 0.1) is 10.1 Å². The number of ether oxygens (including phenoxy) is 1. The molecule has 2 aromatic carbocycles. The Balaban J connectivity index is 1.64. The molecule has 0 saturated heterocycles. The molecule has 0 radical (unpaired) electrons. The standard InChI is InChI=1S/C23H29N3O5/c1-31-22-7-2-4-17(14-22)16-25(19-8-10-21(27)11-9-19)13-12-23(28)24-18-5-3-6-20(15-18)26(29)30/h2-7,14-15,19,21,27H,8-13,16H2,1H3,(H,24,28). The summed E-state index contributed by atoms with van der Waals surface area (Å²) in [4.78, 5) is 25.3. The van der Waals surface area contributed by atoms with Crippen molar-refractivity contribution in [3.8, 4) is 5.75 Å². The number of benzene rings is 2. The highest BCUT2D eigenvalue weighted by Crippen LogP contribution is 2.26. The summed E-state index contributed by atoms with van der Waals surface area (Å²) in [6.07, 6.45) is 3.33. The molecule has 31 heavy (non-hydrogen) atoms. The van der Waals surface area contributed by atoms with E-state index in [4.69, 9.17) is 4.74 Å². The second-order valence-corrected chi connectivity index (χ2v) is 7.89. The lowest BCUT2D eigenvalue weighted by atomic mass is 9.91. The van der Waals surface area contributed by atoms with Crippen molar-refractivity contribution in [1.82, 2.24) is 4.90 Å². The molecule has 0 bridgehead atoms. The quantitative estimate of drug-likeness (QED) is 0.467. The first kappa shape index (κ1) is 22.7. The SMILES string of the molecule is COc1cccc(CN(CCC(=O)Nc2cccc([N+](=O)[O-])c2)C2CCC(O)CC2)c1. The Bertz CT molecular complexity index is 896. The van der Waals surface area contributed by atoms with Gasteiger partial charge in [0.25, 0.3) is 5.69 Å². The number of rotatable bonds is 9. The van der Waals surface area contributed by atoms with Crippen LogP contribution < -0.4 is 10.1 Å². The van der Waals surface area contributed by atoms with E-state index in [1.165, 1.54) is 12.1 Å². The number of carbonyl (C=O) groups is 1. The number of amides is 1. The first-order valence-electron chi connectivity index (χ1n) is 10.5. The zero-order valence-corrected chi connectivity index (χ0v) is 17.7. The number of aliphatic hydroxyl groups excluding tert-OH is 1. The molecule has 1 saturated carbocycles. The van der Waals surface area contributed by atoms with Gasteiger partial charge in [0, 0.05) is 43.4 Å². The molecule has 1 fully saturated rings. The largest absolute Gasteiger partial charge is 0.497 e. The maximum absolute atomic E-state index is 12.5. The number of hydrogen-bond donors (Lipinski definition) is 2. The average molecular weight is 428 g/mol. The molecule has 0 unspecified atom stereocenters. The van der Waals surface area contributed by atoms with Gasteiger partial charge in [-0.1, -0.05) is 18.2 Å². The summed E-state index contributed by atoms with van der Waals surface area (Å²) >= 11 is 0. The van der Waals surface area contributed by atoms with Crippen molar-refractivity contribution in [2.24, 2.45) is 0 Å². The molecule has 2 N–H and O–H groups in total. The molecule has 0 spiro atoms. The fourth-order valence-electron chi connectivity index (χ4n) is 3.99. The first-order chi connectivity index (χ1) is 14.9. The van der Waals surface area contributed by atoms with Gasteiger partial charge in [-0.05, 0) is 49.4 Å². The Hall–Kier alpha value is -2.97. The zero-order valence-electron chi connectivity index (χ0n) is 17.7. The van der Waals surface area contributed by atoms with Gasteiger partial charge < -0.3 is 15.2 Å². The van der Waals surface area contributed by atoms with Crippen LogP contribution >= 0.6 is 0 Å². The lowest BCUT2D eigenvalue weighted by Crippen LogP contribution is -2.40. The third kappa shape index (κ3) is 6.77. The summed E-state index contributed by atoms with van der Waals surface area (Å²) in [5.41, 5.74) is 1.46. The van der Waals surface area contributed by atoms with Gasteiger partial charge >= 0.3 is 0 Å². The molecular formula is C23H29N3O5. The van der Waals surface area contributed by atoms with Crippen molar-refractivity contribution in [1.29, 1.82) is 0 Å². The summed E-state index contributed by atoms with van der Waals surface area (Å²) in [5, 5.41) is 23.5. The highest BCUT2D eigenvalue weighted by Gasteiger charge is 2.25. The highest BCUT2D eigenvalue weighted by atomic mass is 16.6. The van der Waals surface area contributed by atoms with E-state index >= 15 is 0 Å². The zero-order chi connectivity index (χ0) is 22.2. The Labute approximate surface area is 182 Å². The van der Waals surface area contributed by atoms with Gasteiger partial charge in [-0.2, -0.15) is 0 Å². The molecule has 3 rings (SSSR count). The number of nitrogens with zero attached hydrogens (tertiary/aromatic N) is 2. The van der Waals surface area contributed by atoms with Gasteiger partial charge in [0.1, 0.15) is 5.75 Å². The van der Waals surface area contributed by atoms with Crippen LogP contribution in [0.15, 0.2) is 48.5 Å². The van der Waals surface area contributed by atoms with E-state index in [-0.39, 0.29) is 24.1 Å². The maximum Gasteiger partial charge on any atom is 0.271 e. The van der Waals surface area contributed by atoms with Gasteiger partial charge in [-0.3, -0.25) is 19.8 Å². The van der Waals surface area contributed by atoms with E-state index < -0.39 is 4.92 Å². The van der Waals surface area contributed by atoms with E-state index in [0.29, 0.717) is 24.8 Å². The lowest BCUT2D eigenvalue weighted by molar-refractivity contribution is -0.384. The normalized spacial score (nSPS) is 18.5. The molecule has 1 aliphatic rings. The van der Waals surface area contributed by atoms with Crippen LogP contribution in [0.1, 0.15) is 37.7 Å². The molecule has 8 heteroatoms. The summed E-state index contributed by atoms with van der Waals surface area (Å²) in [6, 6.07) is 14.1. The number of non-ortho nitro benzene ring substituents is 1. The average Bonchev–Trinajstić information content (AvgIpc) is 2.77. The summed E-state index contributed by atoms with van der Waals surface area (Å²) in [7, 11) is 1.64. The molecule has 8 nitrogen and oxygen atoms in total. The highest BCUT2D eigenvalue weighted by molar-refractivity contribution is 5.91. The minimum atomic E-state index is -0.483. The minimum absolute atomic E-state index is 0.0572. The van der Waals surface area contributed by atoms with Crippen molar-refractivity contribution < 1.29 is 19.6 Å². The Morgan fingerprint density at radius 3 is 2.65 bits per heavy atom. The molecule has 0 aliphatic heterocycles. The number of aliphatic hydroxyl groups is 1. The fourth-order valence-corrected chi connectivity index (χ4v) is 3.99. The predicted octanol–water partition coefficient (Wildman–Crippen LogP) is 3.74. The smallest absolute Gasteiger partial charge is 0.271 e. The van der Waals surface area contributed by atoms with E-state index in [9.17, 15) is 20.0 Å². The van der Waals surface area contributed by atoms with Crippen LogP contribution in [0.5, 0.6) is 5.75 Å². The van der Waals surface area contributed by atoms with Crippen LogP contribution in [0.3, 0.4) is 0 Å². The Morgan fingerprint density at radius 2 is 1.94 bits per heavy atom. The molecule has 1 aliphatic carbocycles. The molecule has 1 amide bonds. The first-order valence-corrected chi connectivity index (χ1v) is 10.5. The van der Waals surface area contributed by atoms with Crippen LogP contribution in [0.25, 0.3) is 0 Å². The third-order valence-corrected chi connectivity index (χ3v) is 5.67. The van der Waals surface area contributed by atoms with E-state index in [1.54, 1.807) is 19.2 Å². The predicted molar refractivity (Wildman–Crippen MR) is 118 cm³/mol. The summed E-state index contributed by atoms with van der Waals surface area (Å²) < 4.78 is 5.32. The van der Waals surface area contributed by atoms with Gasteiger partial charge in [0.2, 0.25) is 5.91 Å². The monoisotopic (exact) mass is 427 g/mol. The second kappa shape index (κ2) is 10.9. The van der Waals surface area contributed by atoms with Crippen LogP contribution in [0.4, 0.5) is 11.4 Å². The van der Waals surface area contributed by atoms with Gasteiger partial charge in [-0.15, -0.1) is 0 Å². The van der Waals surface area contributed by atoms with Crippen molar-refractivity contribution in [3.05, 3.63) is 64.2 Å². The molecule has 0 atom stereocenters. The minimum Gasteiger partial charge on any atom is -0.497 e. The molecule has 166 valence electrons. The van der Waals surface area contributed by atoms with Crippen molar-refractivity contribution >= 4 is 17.3 Å².